The number of hydrogen-bond acceptors (Lipinski definition) is 6. The molecule has 2 aromatic rings. The van der Waals surface area contributed by atoms with Crippen LogP contribution in [0.5, 0.6) is 0 Å². The van der Waals surface area contributed by atoms with Crippen molar-refractivity contribution in [3.63, 3.8) is 0 Å². The van der Waals surface area contributed by atoms with Gasteiger partial charge in [-0.1, -0.05) is 6.07 Å². The number of morpholine rings is 1. The van der Waals surface area contributed by atoms with E-state index in [9.17, 15) is 0 Å². The molecule has 1 aliphatic heterocycles. The van der Waals surface area contributed by atoms with Crippen LogP contribution in [0.25, 0.3) is 10.8 Å². The summed E-state index contributed by atoms with van der Waals surface area (Å²) < 4.78 is 10.9. The number of oxazole rings is 1. The molecule has 4 nitrogen and oxygen atoms in total. The highest BCUT2D eigenvalue weighted by molar-refractivity contribution is 7.98. The highest BCUT2D eigenvalue weighted by Gasteiger charge is 2.10. The van der Waals surface area contributed by atoms with Gasteiger partial charge in [0.1, 0.15) is 6.26 Å². The Morgan fingerprint density at radius 2 is 2.25 bits per heavy atom. The van der Waals surface area contributed by atoms with Crippen LogP contribution in [0.4, 0.5) is 0 Å². The number of ether oxygens (including phenoxy) is 1. The van der Waals surface area contributed by atoms with Gasteiger partial charge in [-0.15, -0.1) is 11.3 Å². The standard InChI is InChI=1S/C14H18N2O2S2/c1-2-13(20-8-1)14-15-12(10-18-14)11-19-9-5-16-3-6-17-7-4-16/h1-2,8,10H,3-7,9,11H2. The second-order valence-corrected chi connectivity index (χ2v) is 6.68. The van der Waals surface area contributed by atoms with Gasteiger partial charge in [0.2, 0.25) is 5.89 Å². The molecule has 108 valence electrons. The Kier molecular flexibility index (Phi) is 5.13. The Morgan fingerprint density at radius 3 is 3.05 bits per heavy atom. The average molecular weight is 310 g/mol. The van der Waals surface area contributed by atoms with Gasteiger partial charge < -0.3 is 9.15 Å². The Balaban J connectivity index is 1.40. The Bertz CT molecular complexity index is 507. The number of thiophene rings is 1. The van der Waals surface area contributed by atoms with Crippen LogP contribution >= 0.6 is 23.1 Å². The number of thioether (sulfide) groups is 1. The smallest absolute Gasteiger partial charge is 0.236 e. The first-order valence-electron chi connectivity index (χ1n) is 6.78. The molecule has 1 saturated heterocycles. The molecule has 0 unspecified atom stereocenters. The normalized spacial score (nSPS) is 16.6. The second-order valence-electron chi connectivity index (χ2n) is 4.63. The van der Waals surface area contributed by atoms with Gasteiger partial charge in [-0.3, -0.25) is 4.90 Å². The molecule has 0 bridgehead atoms. The maximum absolute atomic E-state index is 5.52. The molecule has 3 rings (SSSR count). The average Bonchev–Trinajstić information content (AvgIpc) is 3.15. The van der Waals surface area contributed by atoms with Crippen molar-refractivity contribution in [1.82, 2.24) is 9.88 Å². The van der Waals surface area contributed by atoms with Crippen LogP contribution < -0.4 is 0 Å². The van der Waals surface area contributed by atoms with Crippen LogP contribution in [0.15, 0.2) is 28.2 Å². The largest absolute Gasteiger partial charge is 0.444 e. The number of rotatable bonds is 6. The van der Waals surface area contributed by atoms with Crippen molar-refractivity contribution in [2.45, 2.75) is 5.75 Å². The molecule has 0 saturated carbocycles. The van der Waals surface area contributed by atoms with Gasteiger partial charge >= 0.3 is 0 Å². The predicted octanol–water partition coefficient (Wildman–Crippen LogP) is 2.97. The Hall–Kier alpha value is -0.820. The summed E-state index contributed by atoms with van der Waals surface area (Å²) in [6.45, 7) is 5.00. The summed E-state index contributed by atoms with van der Waals surface area (Å²) in [5.41, 5.74) is 1.03. The van der Waals surface area contributed by atoms with E-state index in [1.54, 1.807) is 17.6 Å². The summed E-state index contributed by atoms with van der Waals surface area (Å²) in [6.07, 6.45) is 1.77. The molecule has 0 atom stereocenters. The zero-order valence-electron chi connectivity index (χ0n) is 11.3. The number of hydrogen-bond donors (Lipinski definition) is 0. The molecule has 0 aliphatic carbocycles. The summed E-state index contributed by atoms with van der Waals surface area (Å²) in [5.74, 6) is 2.78. The summed E-state index contributed by atoms with van der Waals surface area (Å²) in [6, 6.07) is 4.05. The lowest BCUT2D eigenvalue weighted by Crippen LogP contribution is -2.37. The van der Waals surface area contributed by atoms with Crippen molar-refractivity contribution in [2.75, 3.05) is 38.6 Å². The van der Waals surface area contributed by atoms with E-state index in [-0.39, 0.29) is 0 Å². The summed E-state index contributed by atoms with van der Waals surface area (Å²) in [5, 5.41) is 2.04. The van der Waals surface area contributed by atoms with Crippen LogP contribution in [0.3, 0.4) is 0 Å². The number of aromatic nitrogens is 1. The summed E-state index contributed by atoms with van der Waals surface area (Å²) in [7, 11) is 0. The van der Waals surface area contributed by atoms with E-state index in [0.29, 0.717) is 0 Å². The first-order valence-corrected chi connectivity index (χ1v) is 8.81. The van der Waals surface area contributed by atoms with Crippen molar-refractivity contribution in [3.05, 3.63) is 29.5 Å². The van der Waals surface area contributed by atoms with Gasteiger partial charge in [0.25, 0.3) is 0 Å². The van der Waals surface area contributed by atoms with E-state index in [4.69, 9.17) is 9.15 Å². The maximum atomic E-state index is 5.52. The van der Waals surface area contributed by atoms with Crippen LogP contribution in [-0.4, -0.2) is 48.5 Å². The van der Waals surface area contributed by atoms with E-state index in [2.05, 4.69) is 9.88 Å². The minimum Gasteiger partial charge on any atom is -0.444 e. The zero-order valence-corrected chi connectivity index (χ0v) is 12.9. The molecule has 0 aromatic carbocycles. The molecule has 0 radical (unpaired) electrons. The maximum Gasteiger partial charge on any atom is 0.236 e. The highest BCUT2D eigenvalue weighted by Crippen LogP contribution is 2.24. The fourth-order valence-electron chi connectivity index (χ4n) is 2.08. The lowest BCUT2D eigenvalue weighted by atomic mass is 10.4. The number of nitrogens with zero attached hydrogens (tertiary/aromatic N) is 2. The molecule has 20 heavy (non-hydrogen) atoms. The van der Waals surface area contributed by atoms with E-state index >= 15 is 0 Å². The molecular formula is C14H18N2O2S2. The minimum atomic E-state index is 0.740. The van der Waals surface area contributed by atoms with Crippen LogP contribution in [0.2, 0.25) is 0 Å². The molecule has 2 aromatic heterocycles. The van der Waals surface area contributed by atoms with E-state index in [1.165, 1.54) is 0 Å². The molecule has 6 heteroatoms. The minimum absolute atomic E-state index is 0.740. The third kappa shape index (κ3) is 3.85. The molecule has 3 heterocycles. The van der Waals surface area contributed by atoms with Crippen molar-refractivity contribution in [1.29, 1.82) is 0 Å². The first-order chi connectivity index (χ1) is 9.92. The van der Waals surface area contributed by atoms with Gasteiger partial charge in [-0.05, 0) is 11.4 Å². The SMILES string of the molecule is c1csc(-c2nc(CSCCN3CCOCC3)co2)c1. The second kappa shape index (κ2) is 7.26. The molecule has 0 spiro atoms. The Labute approximate surface area is 127 Å². The lowest BCUT2D eigenvalue weighted by molar-refractivity contribution is 0.0410. The molecule has 1 aliphatic rings. The fourth-order valence-corrected chi connectivity index (χ4v) is 3.61. The van der Waals surface area contributed by atoms with Crippen molar-refractivity contribution >= 4 is 23.1 Å². The summed E-state index contributed by atoms with van der Waals surface area (Å²) >= 11 is 3.56. The third-order valence-electron chi connectivity index (χ3n) is 3.19. The monoisotopic (exact) mass is 310 g/mol. The molecule has 0 amide bonds. The third-order valence-corrected chi connectivity index (χ3v) is 5.02. The van der Waals surface area contributed by atoms with Gasteiger partial charge in [-0.25, -0.2) is 4.98 Å². The molecule has 1 fully saturated rings. The van der Waals surface area contributed by atoms with Crippen molar-refractivity contribution in [3.8, 4) is 10.8 Å². The predicted molar refractivity (Wildman–Crippen MR) is 83.2 cm³/mol. The van der Waals surface area contributed by atoms with E-state index in [1.807, 2.05) is 29.3 Å². The lowest BCUT2D eigenvalue weighted by Gasteiger charge is -2.26. The van der Waals surface area contributed by atoms with Crippen molar-refractivity contribution < 1.29 is 9.15 Å². The van der Waals surface area contributed by atoms with Crippen molar-refractivity contribution in [2.24, 2.45) is 0 Å². The molecular weight excluding hydrogens is 292 g/mol. The molecule has 0 N–H and O–H groups in total. The van der Waals surface area contributed by atoms with Gasteiger partial charge in [-0.2, -0.15) is 11.8 Å². The fraction of sp³-hybridized carbons (Fsp3) is 0.500. The van der Waals surface area contributed by atoms with Gasteiger partial charge in [0.05, 0.1) is 23.8 Å². The van der Waals surface area contributed by atoms with E-state index in [0.717, 1.165) is 60.8 Å². The topological polar surface area (TPSA) is 38.5 Å². The van der Waals surface area contributed by atoms with Crippen LogP contribution in [0.1, 0.15) is 5.69 Å². The Morgan fingerprint density at radius 1 is 1.35 bits per heavy atom. The zero-order chi connectivity index (χ0) is 13.6. The van der Waals surface area contributed by atoms with Crippen LogP contribution in [0, 0.1) is 0 Å². The van der Waals surface area contributed by atoms with Gasteiger partial charge in [0, 0.05) is 31.1 Å². The quantitative estimate of drug-likeness (QED) is 0.767. The highest BCUT2D eigenvalue weighted by atomic mass is 32.2. The van der Waals surface area contributed by atoms with E-state index < -0.39 is 0 Å². The van der Waals surface area contributed by atoms with Crippen LogP contribution in [-0.2, 0) is 10.5 Å². The van der Waals surface area contributed by atoms with Gasteiger partial charge in [0.15, 0.2) is 0 Å². The summed E-state index contributed by atoms with van der Waals surface area (Å²) in [4.78, 5) is 8.07. The first kappa shape index (κ1) is 14.1.